The monoisotopic (exact) mass is 386 g/mol. The van der Waals surface area contributed by atoms with Crippen molar-refractivity contribution in [2.75, 3.05) is 7.11 Å². The molecule has 3 rings (SSSR count). The van der Waals surface area contributed by atoms with Crippen molar-refractivity contribution in [3.05, 3.63) is 76.1 Å². The molecule has 0 saturated heterocycles. The van der Waals surface area contributed by atoms with Crippen LogP contribution in [0.1, 0.15) is 24.5 Å². The maximum absolute atomic E-state index is 10.7. The average Bonchev–Trinajstić information content (AvgIpc) is 2.92. The van der Waals surface area contributed by atoms with Crippen LogP contribution in [0.5, 0.6) is 5.75 Å². The quantitative estimate of drug-likeness (QED) is 0.464. The molecule has 7 heteroatoms. The highest BCUT2D eigenvalue weighted by molar-refractivity contribution is 6.30. The Kier molecular flexibility index (Phi) is 5.30. The second-order valence-corrected chi connectivity index (χ2v) is 7.05. The van der Waals surface area contributed by atoms with Crippen molar-refractivity contribution in [2.24, 2.45) is 5.73 Å². The van der Waals surface area contributed by atoms with E-state index in [0.717, 1.165) is 22.4 Å². The van der Waals surface area contributed by atoms with Crippen molar-refractivity contribution in [3.63, 3.8) is 0 Å². The Hall–Kier alpha value is -2.70. The number of aryl methyl sites for hydroxylation is 1. The Morgan fingerprint density at radius 3 is 2.56 bits per heavy atom. The van der Waals surface area contributed by atoms with Gasteiger partial charge in [-0.2, -0.15) is 0 Å². The molecule has 0 bridgehead atoms. The number of guanidine groups is 1. The fraction of sp³-hybridized carbons (Fsp3) is 0.250. The van der Waals surface area contributed by atoms with E-state index in [0.29, 0.717) is 17.9 Å². The van der Waals surface area contributed by atoms with Crippen LogP contribution in [-0.4, -0.2) is 23.2 Å². The molecule has 6 nitrogen and oxygen atoms in total. The van der Waals surface area contributed by atoms with E-state index in [4.69, 9.17) is 27.5 Å². The number of hydrazine groups is 1. The lowest BCUT2D eigenvalue weighted by Crippen LogP contribution is -2.49. The first-order chi connectivity index (χ1) is 12.8. The van der Waals surface area contributed by atoms with E-state index >= 15 is 0 Å². The fourth-order valence-electron chi connectivity index (χ4n) is 3.36. The third-order valence-electron chi connectivity index (χ3n) is 4.88. The van der Waals surface area contributed by atoms with Gasteiger partial charge in [0.2, 0.25) is 11.8 Å². The lowest BCUT2D eigenvalue weighted by atomic mass is 9.83. The van der Waals surface area contributed by atoms with Gasteiger partial charge in [-0.15, -0.1) is 0 Å². The molecule has 1 aliphatic heterocycles. The molecule has 0 fully saturated rings. The molecule has 0 aliphatic carbocycles. The summed E-state index contributed by atoms with van der Waals surface area (Å²) < 4.78 is 5.23. The van der Waals surface area contributed by atoms with Crippen LogP contribution in [-0.2, 0) is 12.0 Å². The maximum Gasteiger partial charge on any atom is 0.210 e. The van der Waals surface area contributed by atoms with Crippen molar-refractivity contribution >= 4 is 17.6 Å². The first kappa shape index (κ1) is 19.1. The van der Waals surface area contributed by atoms with Crippen LogP contribution in [0.3, 0.4) is 0 Å². The molecule has 5 N–H and O–H groups in total. The zero-order valence-electron chi connectivity index (χ0n) is 15.3. The molecule has 2 aromatic rings. The number of hydrogen-bond acceptors (Lipinski definition) is 4. The van der Waals surface area contributed by atoms with Gasteiger partial charge in [0.25, 0.3) is 0 Å². The second kappa shape index (κ2) is 7.50. The summed E-state index contributed by atoms with van der Waals surface area (Å²) in [6.45, 7) is 1.96. The molecule has 142 valence electrons. The molecular formula is C20H23ClN4O2. The summed E-state index contributed by atoms with van der Waals surface area (Å²) in [5.74, 6) is 0.435. The number of aliphatic hydroxyl groups is 1. The topological polar surface area (TPSA) is 94.6 Å². The van der Waals surface area contributed by atoms with Crippen LogP contribution >= 0.6 is 11.6 Å². The molecule has 1 heterocycles. The molecule has 1 unspecified atom stereocenters. The SMILES string of the molecule is COc1ccc(C2(C)NN(C(=N)N)C(O)=C2CCc2cccc(Cl)c2)cc1. The number of aliphatic hydroxyl groups excluding tert-OH is 1. The number of hydrogen-bond donors (Lipinski definition) is 4. The standard InChI is InChI=1S/C20H23ClN4O2/c1-20(14-7-9-16(27-2)10-8-14)17(18(26)25(24-20)19(22)23)11-6-13-4-3-5-15(21)12-13/h3-5,7-10,12,24,26H,6,11H2,1-2H3,(H3,22,23). The van der Waals surface area contributed by atoms with Crippen molar-refractivity contribution in [2.45, 2.75) is 25.3 Å². The van der Waals surface area contributed by atoms with Gasteiger partial charge in [0.15, 0.2) is 0 Å². The minimum atomic E-state index is -0.708. The molecule has 0 radical (unpaired) electrons. The second-order valence-electron chi connectivity index (χ2n) is 6.62. The van der Waals surface area contributed by atoms with Crippen LogP contribution in [0, 0.1) is 5.41 Å². The zero-order valence-corrected chi connectivity index (χ0v) is 16.0. The number of nitrogens with zero attached hydrogens (tertiary/aromatic N) is 1. The van der Waals surface area contributed by atoms with Gasteiger partial charge in [0, 0.05) is 10.6 Å². The highest BCUT2D eigenvalue weighted by Crippen LogP contribution is 2.39. The van der Waals surface area contributed by atoms with E-state index in [-0.39, 0.29) is 11.8 Å². The third-order valence-corrected chi connectivity index (χ3v) is 5.12. The summed E-state index contributed by atoms with van der Waals surface area (Å²) in [5, 5.41) is 20.4. The summed E-state index contributed by atoms with van der Waals surface area (Å²) in [6.07, 6.45) is 1.27. The largest absolute Gasteiger partial charge is 0.497 e. The highest BCUT2D eigenvalue weighted by Gasteiger charge is 2.43. The molecule has 0 aromatic heterocycles. The highest BCUT2D eigenvalue weighted by atomic mass is 35.5. The molecule has 0 saturated carbocycles. The van der Waals surface area contributed by atoms with Gasteiger partial charge in [-0.1, -0.05) is 35.9 Å². The summed E-state index contributed by atoms with van der Waals surface area (Å²) in [4.78, 5) is 0. The number of rotatable bonds is 5. The number of nitrogens with two attached hydrogens (primary N) is 1. The van der Waals surface area contributed by atoms with Gasteiger partial charge in [0.1, 0.15) is 5.75 Å². The molecule has 1 aliphatic rings. The lowest BCUT2D eigenvalue weighted by Gasteiger charge is -2.30. The predicted molar refractivity (Wildman–Crippen MR) is 107 cm³/mol. The van der Waals surface area contributed by atoms with Gasteiger partial charge in [-0.25, -0.2) is 10.4 Å². The molecule has 27 heavy (non-hydrogen) atoms. The van der Waals surface area contributed by atoms with Crippen LogP contribution < -0.4 is 15.9 Å². The van der Waals surface area contributed by atoms with Crippen LogP contribution in [0.4, 0.5) is 0 Å². The van der Waals surface area contributed by atoms with Crippen LogP contribution in [0.15, 0.2) is 60.0 Å². The maximum atomic E-state index is 10.7. The van der Waals surface area contributed by atoms with Crippen molar-refractivity contribution in [1.82, 2.24) is 10.4 Å². The minimum absolute atomic E-state index is 0.0390. The predicted octanol–water partition coefficient (Wildman–Crippen LogP) is 3.68. The van der Waals surface area contributed by atoms with Gasteiger partial charge < -0.3 is 15.6 Å². The molecule has 0 spiro atoms. The van der Waals surface area contributed by atoms with E-state index in [9.17, 15) is 5.11 Å². The van der Waals surface area contributed by atoms with E-state index in [1.54, 1.807) is 7.11 Å². The molecule has 0 amide bonds. The van der Waals surface area contributed by atoms with Gasteiger partial charge in [-0.05, 0) is 55.2 Å². The normalized spacial score (nSPS) is 19.4. The number of ether oxygens (including phenoxy) is 1. The molecule has 2 aromatic carbocycles. The van der Waals surface area contributed by atoms with Gasteiger partial charge in [0.05, 0.1) is 12.6 Å². The van der Waals surface area contributed by atoms with Gasteiger partial charge >= 0.3 is 0 Å². The Bertz CT molecular complexity index is 882. The summed E-state index contributed by atoms with van der Waals surface area (Å²) in [6, 6.07) is 15.2. The average molecular weight is 387 g/mol. The van der Waals surface area contributed by atoms with E-state index < -0.39 is 5.54 Å². The van der Waals surface area contributed by atoms with Crippen molar-refractivity contribution in [1.29, 1.82) is 5.41 Å². The van der Waals surface area contributed by atoms with Gasteiger partial charge in [-0.3, -0.25) is 5.41 Å². The van der Waals surface area contributed by atoms with Crippen molar-refractivity contribution in [3.8, 4) is 5.75 Å². The number of benzene rings is 2. The van der Waals surface area contributed by atoms with Crippen LogP contribution in [0.25, 0.3) is 0 Å². The lowest BCUT2D eigenvalue weighted by molar-refractivity contribution is 0.219. The zero-order chi connectivity index (χ0) is 19.6. The fourth-order valence-corrected chi connectivity index (χ4v) is 3.58. The Morgan fingerprint density at radius 1 is 1.26 bits per heavy atom. The smallest absolute Gasteiger partial charge is 0.210 e. The number of halogens is 1. The first-order valence-electron chi connectivity index (χ1n) is 8.58. The summed E-state index contributed by atoms with van der Waals surface area (Å²) >= 11 is 6.08. The van der Waals surface area contributed by atoms with E-state index in [1.807, 2.05) is 55.5 Å². The molecule has 1 atom stereocenters. The Labute approximate surface area is 163 Å². The third kappa shape index (κ3) is 3.72. The molecular weight excluding hydrogens is 364 g/mol. The number of nitrogens with one attached hydrogen (secondary N) is 2. The summed E-state index contributed by atoms with van der Waals surface area (Å²) in [5.41, 5.74) is 10.8. The minimum Gasteiger partial charge on any atom is -0.497 e. The Morgan fingerprint density at radius 2 is 1.96 bits per heavy atom. The van der Waals surface area contributed by atoms with Crippen LogP contribution in [0.2, 0.25) is 5.02 Å². The summed E-state index contributed by atoms with van der Waals surface area (Å²) in [7, 11) is 1.62. The van der Waals surface area contributed by atoms with Crippen molar-refractivity contribution < 1.29 is 9.84 Å². The Balaban J connectivity index is 1.94. The number of methoxy groups -OCH3 is 1. The van der Waals surface area contributed by atoms with E-state index in [2.05, 4.69) is 5.43 Å². The van der Waals surface area contributed by atoms with E-state index in [1.165, 1.54) is 5.01 Å². The first-order valence-corrected chi connectivity index (χ1v) is 8.96.